The van der Waals surface area contributed by atoms with Gasteiger partial charge in [-0.2, -0.15) is 0 Å². The first-order valence-corrected chi connectivity index (χ1v) is 5.43. The molecule has 88 valence electrons. The topological polar surface area (TPSA) is 47.0 Å². The van der Waals surface area contributed by atoms with Crippen LogP contribution in [-0.4, -0.2) is 22.6 Å². The van der Waals surface area contributed by atoms with Crippen molar-refractivity contribution in [3.63, 3.8) is 0 Å². The summed E-state index contributed by atoms with van der Waals surface area (Å²) >= 11 is 0. The lowest BCUT2D eigenvalue weighted by molar-refractivity contribution is 0.331. The van der Waals surface area contributed by atoms with Gasteiger partial charge in [0.25, 0.3) is 0 Å². The van der Waals surface area contributed by atoms with Gasteiger partial charge in [-0.15, -0.1) is 0 Å². The molecule has 0 bridgehead atoms. The first kappa shape index (κ1) is 12.6. The van der Waals surface area contributed by atoms with Crippen molar-refractivity contribution in [2.24, 2.45) is 0 Å². The molecule has 0 aliphatic carbocycles. The Bertz CT molecular complexity index is 350. The third kappa shape index (κ3) is 3.98. The van der Waals surface area contributed by atoms with E-state index in [0.29, 0.717) is 18.7 Å². The smallest absolute Gasteiger partial charge is 0.316 e. The average Bonchev–Trinajstić information content (AvgIpc) is 2.24. The van der Waals surface area contributed by atoms with Crippen molar-refractivity contribution >= 4 is 0 Å². The lowest BCUT2D eigenvalue weighted by atomic mass is 10.2. The van der Waals surface area contributed by atoms with Gasteiger partial charge in [0.05, 0.1) is 0 Å². The Morgan fingerprint density at radius 1 is 1.56 bits per heavy atom. The molecule has 4 nitrogen and oxygen atoms in total. The van der Waals surface area contributed by atoms with Gasteiger partial charge in [0.1, 0.15) is 6.61 Å². The monoisotopic (exact) mass is 221 g/mol. The molecule has 1 aromatic heterocycles. The average molecular weight is 221 g/mol. The molecule has 4 heteroatoms. The van der Waals surface area contributed by atoms with Crippen LogP contribution in [0.25, 0.3) is 0 Å². The largest absolute Gasteiger partial charge is 0.459 e. The first-order chi connectivity index (χ1) is 7.63. The van der Waals surface area contributed by atoms with Gasteiger partial charge in [0.2, 0.25) is 0 Å². The molecule has 0 saturated heterocycles. The van der Waals surface area contributed by atoms with Gasteiger partial charge in [0.15, 0.2) is 0 Å². The lowest BCUT2D eigenvalue weighted by Crippen LogP contribution is -2.22. The maximum absolute atomic E-state index is 5.26. The molecule has 0 unspecified atom stereocenters. The van der Waals surface area contributed by atoms with Crippen molar-refractivity contribution < 1.29 is 4.74 Å². The Labute approximate surface area is 96.8 Å². The number of rotatable bonds is 6. The van der Waals surface area contributed by atoms with E-state index >= 15 is 0 Å². The summed E-state index contributed by atoms with van der Waals surface area (Å²) in [7, 11) is 0. The van der Waals surface area contributed by atoms with E-state index in [1.165, 1.54) is 0 Å². The minimum Gasteiger partial charge on any atom is -0.459 e. The van der Waals surface area contributed by atoms with Crippen molar-refractivity contribution in [2.75, 3.05) is 6.61 Å². The summed E-state index contributed by atoms with van der Waals surface area (Å²) < 4.78 is 5.26. The third-order valence-corrected chi connectivity index (χ3v) is 2.09. The van der Waals surface area contributed by atoms with Crippen LogP contribution in [0.1, 0.15) is 25.1 Å². The third-order valence-electron chi connectivity index (χ3n) is 2.09. The number of aromatic nitrogens is 2. The molecule has 1 aromatic rings. The molecule has 0 spiro atoms. The van der Waals surface area contributed by atoms with E-state index < -0.39 is 0 Å². The molecule has 0 aliphatic rings. The van der Waals surface area contributed by atoms with Crippen LogP contribution < -0.4 is 10.1 Å². The number of hydrogen-bond donors (Lipinski definition) is 1. The molecule has 0 aliphatic heterocycles. The molecular formula is C12H19N3O. The van der Waals surface area contributed by atoms with E-state index in [-0.39, 0.29) is 0 Å². The molecule has 1 N–H and O–H groups in total. The Kier molecular flexibility index (Phi) is 4.92. The highest BCUT2D eigenvalue weighted by molar-refractivity contribution is 5.17. The predicted octanol–water partition coefficient (Wildman–Crippen LogP) is 1.85. The molecule has 0 atom stereocenters. The van der Waals surface area contributed by atoms with Gasteiger partial charge in [-0.25, -0.2) is 9.97 Å². The quantitative estimate of drug-likeness (QED) is 0.745. The minimum atomic E-state index is 0.408. The van der Waals surface area contributed by atoms with Gasteiger partial charge in [-0.1, -0.05) is 26.5 Å². The van der Waals surface area contributed by atoms with E-state index in [1.54, 1.807) is 12.3 Å². The van der Waals surface area contributed by atoms with E-state index in [2.05, 4.69) is 35.7 Å². The molecule has 1 heterocycles. The molecular weight excluding hydrogens is 202 g/mol. The summed E-state index contributed by atoms with van der Waals surface area (Å²) in [6.07, 6.45) is 3.48. The number of aryl methyl sites for hydroxylation is 1. The van der Waals surface area contributed by atoms with Gasteiger partial charge in [-0.3, -0.25) is 0 Å². The molecule has 0 aromatic carbocycles. The fraction of sp³-hybridized carbons (Fsp3) is 0.500. The fourth-order valence-corrected chi connectivity index (χ4v) is 1.16. The van der Waals surface area contributed by atoms with Crippen LogP contribution in [0.3, 0.4) is 0 Å². The summed E-state index contributed by atoms with van der Waals surface area (Å²) in [5.74, 6) is 0. The maximum Gasteiger partial charge on any atom is 0.316 e. The van der Waals surface area contributed by atoms with E-state index in [1.807, 2.05) is 6.92 Å². The molecule has 1 rings (SSSR count). The van der Waals surface area contributed by atoms with Crippen LogP contribution in [0.5, 0.6) is 6.01 Å². The van der Waals surface area contributed by atoms with Gasteiger partial charge < -0.3 is 10.1 Å². The highest BCUT2D eigenvalue weighted by atomic mass is 16.5. The van der Waals surface area contributed by atoms with Crippen LogP contribution in [-0.2, 0) is 6.54 Å². The zero-order chi connectivity index (χ0) is 12.0. The summed E-state index contributed by atoms with van der Waals surface area (Å²) in [5.41, 5.74) is 2.04. The first-order valence-electron chi connectivity index (χ1n) is 5.43. The second kappa shape index (κ2) is 6.23. The highest BCUT2D eigenvalue weighted by Gasteiger charge is 2.04. The van der Waals surface area contributed by atoms with Crippen molar-refractivity contribution in [1.82, 2.24) is 15.3 Å². The van der Waals surface area contributed by atoms with Crippen LogP contribution in [0.15, 0.2) is 18.9 Å². The number of nitrogens with zero attached hydrogens (tertiary/aromatic N) is 2. The Balaban J connectivity index is 2.63. The Hall–Kier alpha value is -1.42. The Morgan fingerprint density at radius 2 is 2.31 bits per heavy atom. The van der Waals surface area contributed by atoms with Crippen molar-refractivity contribution in [1.29, 1.82) is 0 Å². The molecule has 16 heavy (non-hydrogen) atoms. The predicted molar refractivity (Wildman–Crippen MR) is 64.4 cm³/mol. The van der Waals surface area contributed by atoms with E-state index in [9.17, 15) is 0 Å². The molecule has 0 fully saturated rings. The zero-order valence-electron chi connectivity index (χ0n) is 10.2. The van der Waals surface area contributed by atoms with Crippen LogP contribution in [0, 0.1) is 6.92 Å². The summed E-state index contributed by atoms with van der Waals surface area (Å²) in [6, 6.07) is 0.863. The lowest BCUT2D eigenvalue weighted by Gasteiger charge is -2.10. The summed E-state index contributed by atoms with van der Waals surface area (Å²) in [6.45, 7) is 11.0. The Morgan fingerprint density at radius 3 is 2.88 bits per heavy atom. The molecule has 0 radical (unpaired) electrons. The van der Waals surface area contributed by atoms with Gasteiger partial charge in [0, 0.05) is 30.0 Å². The van der Waals surface area contributed by atoms with Crippen LogP contribution in [0.4, 0.5) is 0 Å². The molecule has 0 saturated carbocycles. The number of nitrogens with one attached hydrogen (secondary N) is 1. The van der Waals surface area contributed by atoms with E-state index in [0.717, 1.165) is 17.8 Å². The maximum atomic E-state index is 5.26. The van der Waals surface area contributed by atoms with E-state index in [4.69, 9.17) is 4.74 Å². The number of ether oxygens (including phenoxy) is 1. The zero-order valence-corrected chi connectivity index (χ0v) is 10.2. The summed E-state index contributed by atoms with van der Waals surface area (Å²) in [5, 5.41) is 3.33. The minimum absolute atomic E-state index is 0.408. The second-order valence-corrected chi connectivity index (χ2v) is 3.90. The van der Waals surface area contributed by atoms with Crippen LogP contribution in [0.2, 0.25) is 0 Å². The number of hydrogen-bond acceptors (Lipinski definition) is 4. The second-order valence-electron chi connectivity index (χ2n) is 3.90. The van der Waals surface area contributed by atoms with Crippen molar-refractivity contribution in [3.8, 4) is 6.01 Å². The fourth-order valence-electron chi connectivity index (χ4n) is 1.16. The summed E-state index contributed by atoms with van der Waals surface area (Å²) in [4.78, 5) is 8.40. The standard InChI is InChI=1S/C12H19N3O/c1-5-6-16-12-14-8-11(10(4)15-12)7-13-9(2)3/h5,8-9,13H,1,6-7H2,2-4H3. The van der Waals surface area contributed by atoms with Crippen molar-refractivity contribution in [3.05, 3.63) is 30.1 Å². The van der Waals surface area contributed by atoms with Crippen molar-refractivity contribution in [2.45, 2.75) is 33.4 Å². The molecule has 0 amide bonds. The highest BCUT2D eigenvalue weighted by Crippen LogP contribution is 2.08. The van der Waals surface area contributed by atoms with Gasteiger partial charge >= 0.3 is 6.01 Å². The normalized spacial score (nSPS) is 10.5. The SMILES string of the molecule is C=CCOc1ncc(CNC(C)C)c(C)n1. The van der Waals surface area contributed by atoms with Gasteiger partial charge in [-0.05, 0) is 6.92 Å². The van der Waals surface area contributed by atoms with Crippen LogP contribution >= 0.6 is 0 Å².